The van der Waals surface area contributed by atoms with Gasteiger partial charge in [0.15, 0.2) is 0 Å². The second-order valence-electron chi connectivity index (χ2n) is 2.74. The number of phenols is 1. The van der Waals surface area contributed by atoms with Crippen molar-refractivity contribution >= 4 is 23.2 Å². The molecule has 0 fully saturated rings. The van der Waals surface area contributed by atoms with E-state index in [1.54, 1.807) is 25.1 Å². The molecule has 0 aromatic heterocycles. The van der Waals surface area contributed by atoms with Gasteiger partial charge >= 0.3 is 0 Å². The van der Waals surface area contributed by atoms with Crippen LogP contribution in [0.3, 0.4) is 0 Å². The van der Waals surface area contributed by atoms with E-state index in [0.717, 1.165) is 0 Å². The van der Waals surface area contributed by atoms with E-state index in [0.29, 0.717) is 16.3 Å². The molecule has 0 bridgehead atoms. The van der Waals surface area contributed by atoms with Gasteiger partial charge in [-0.15, -0.1) is 0 Å². The topological polar surface area (TPSA) is 29.5 Å². The molecule has 1 N–H and O–H groups in total. The Morgan fingerprint density at radius 3 is 2.93 bits per heavy atom. The van der Waals surface area contributed by atoms with Crippen molar-refractivity contribution < 1.29 is 9.84 Å². The third-order valence-electron chi connectivity index (χ3n) is 1.74. The molecule has 0 saturated heterocycles. The molecule has 0 spiro atoms. The molecule has 76 valence electrons. The van der Waals surface area contributed by atoms with Crippen LogP contribution in [0.5, 0.6) is 11.5 Å². The van der Waals surface area contributed by atoms with Gasteiger partial charge in [0.2, 0.25) is 0 Å². The molecular weight excluding hydrogens is 223 g/mol. The molecule has 0 radical (unpaired) electrons. The number of phenolic OH excluding ortho intramolecular Hbond substituents is 1. The summed E-state index contributed by atoms with van der Waals surface area (Å²) in [7, 11) is 0. The Labute approximate surface area is 92.7 Å². The molecule has 2 nitrogen and oxygen atoms in total. The highest BCUT2D eigenvalue weighted by Gasteiger charge is 2.03. The maximum absolute atomic E-state index is 9.37. The van der Waals surface area contributed by atoms with Crippen LogP contribution < -0.4 is 4.74 Å². The van der Waals surface area contributed by atoms with Crippen LogP contribution >= 0.6 is 23.2 Å². The van der Waals surface area contributed by atoms with E-state index in [9.17, 15) is 5.11 Å². The van der Waals surface area contributed by atoms with E-state index in [1.165, 1.54) is 5.54 Å². The van der Waals surface area contributed by atoms with Gasteiger partial charge in [0, 0.05) is 11.1 Å². The molecule has 4 heteroatoms. The Kier molecular flexibility index (Phi) is 4.11. The second-order valence-corrected chi connectivity index (χ2v) is 3.45. The number of ether oxygens (including phenoxy) is 1. The van der Waals surface area contributed by atoms with Gasteiger partial charge in [-0.3, -0.25) is 0 Å². The SMILES string of the molecule is Cc1c(O)cccc1OCC(Cl)=CCl. The minimum Gasteiger partial charge on any atom is -0.508 e. The number of hydrogen-bond acceptors (Lipinski definition) is 2. The van der Waals surface area contributed by atoms with Gasteiger partial charge in [0.25, 0.3) is 0 Å². The summed E-state index contributed by atoms with van der Waals surface area (Å²) in [6.45, 7) is 1.97. The van der Waals surface area contributed by atoms with Gasteiger partial charge in [-0.05, 0) is 19.1 Å². The first-order valence-electron chi connectivity index (χ1n) is 4.01. The van der Waals surface area contributed by atoms with Crippen molar-refractivity contribution in [3.8, 4) is 11.5 Å². The smallest absolute Gasteiger partial charge is 0.126 e. The second kappa shape index (κ2) is 5.13. The van der Waals surface area contributed by atoms with E-state index in [1.807, 2.05) is 0 Å². The van der Waals surface area contributed by atoms with Gasteiger partial charge in [0.1, 0.15) is 18.1 Å². The van der Waals surface area contributed by atoms with Crippen LogP contribution in [0.1, 0.15) is 5.56 Å². The zero-order chi connectivity index (χ0) is 10.6. The van der Waals surface area contributed by atoms with Crippen molar-refractivity contribution in [3.63, 3.8) is 0 Å². The van der Waals surface area contributed by atoms with Gasteiger partial charge in [-0.2, -0.15) is 0 Å². The third-order valence-corrected chi connectivity index (χ3v) is 2.33. The summed E-state index contributed by atoms with van der Waals surface area (Å²) < 4.78 is 5.33. The Bertz CT molecular complexity index is 348. The number of benzene rings is 1. The molecular formula is C10H10Cl2O2. The van der Waals surface area contributed by atoms with Gasteiger partial charge in [-0.25, -0.2) is 0 Å². The zero-order valence-electron chi connectivity index (χ0n) is 7.63. The summed E-state index contributed by atoms with van der Waals surface area (Å²) >= 11 is 11.0. The fourth-order valence-corrected chi connectivity index (χ4v) is 1.05. The van der Waals surface area contributed by atoms with Gasteiger partial charge < -0.3 is 9.84 Å². The van der Waals surface area contributed by atoms with Crippen LogP contribution in [0.15, 0.2) is 28.8 Å². The summed E-state index contributed by atoms with van der Waals surface area (Å²) in [4.78, 5) is 0. The quantitative estimate of drug-likeness (QED) is 0.866. The van der Waals surface area contributed by atoms with Crippen molar-refractivity contribution in [2.75, 3.05) is 6.61 Å². The number of aromatic hydroxyl groups is 1. The Balaban J connectivity index is 2.73. The van der Waals surface area contributed by atoms with Crippen LogP contribution in [0, 0.1) is 6.92 Å². The molecule has 0 aliphatic heterocycles. The minimum atomic E-state index is 0.202. The summed E-state index contributed by atoms with van der Waals surface area (Å²) in [5.74, 6) is 0.801. The van der Waals surface area contributed by atoms with Gasteiger partial charge in [0.05, 0.1) is 5.03 Å². The maximum Gasteiger partial charge on any atom is 0.126 e. The van der Waals surface area contributed by atoms with Crippen LogP contribution in [0.4, 0.5) is 0 Å². The van der Waals surface area contributed by atoms with E-state index in [-0.39, 0.29) is 12.4 Å². The number of halogens is 2. The van der Waals surface area contributed by atoms with Crippen molar-refractivity contribution in [2.24, 2.45) is 0 Å². The molecule has 14 heavy (non-hydrogen) atoms. The molecule has 0 atom stereocenters. The monoisotopic (exact) mass is 232 g/mol. The molecule has 0 aliphatic rings. The average Bonchev–Trinajstić information content (AvgIpc) is 2.20. The van der Waals surface area contributed by atoms with E-state index in [4.69, 9.17) is 27.9 Å². The van der Waals surface area contributed by atoms with Crippen molar-refractivity contribution in [1.29, 1.82) is 0 Å². The summed E-state index contributed by atoms with van der Waals surface area (Å²) in [6.07, 6.45) is 0. The lowest BCUT2D eigenvalue weighted by molar-refractivity contribution is 0.353. The fraction of sp³-hybridized carbons (Fsp3) is 0.200. The largest absolute Gasteiger partial charge is 0.508 e. The predicted molar refractivity (Wildman–Crippen MR) is 58.1 cm³/mol. The highest BCUT2D eigenvalue weighted by Crippen LogP contribution is 2.26. The maximum atomic E-state index is 9.37. The standard InChI is InChI=1S/C10H10Cl2O2/c1-7-9(13)3-2-4-10(7)14-6-8(12)5-11/h2-5,13H,6H2,1H3. The summed E-state index contributed by atoms with van der Waals surface area (Å²) in [5.41, 5.74) is 1.94. The number of hydrogen-bond donors (Lipinski definition) is 1. The zero-order valence-corrected chi connectivity index (χ0v) is 9.14. The Hall–Kier alpha value is -0.860. The fourth-order valence-electron chi connectivity index (χ4n) is 0.937. The van der Waals surface area contributed by atoms with Gasteiger partial charge in [-0.1, -0.05) is 29.3 Å². The Morgan fingerprint density at radius 1 is 1.57 bits per heavy atom. The van der Waals surface area contributed by atoms with Crippen LogP contribution in [-0.4, -0.2) is 11.7 Å². The lowest BCUT2D eigenvalue weighted by Gasteiger charge is -2.08. The molecule has 0 saturated carbocycles. The molecule has 0 heterocycles. The summed E-state index contributed by atoms with van der Waals surface area (Å²) in [5, 5.41) is 9.78. The van der Waals surface area contributed by atoms with Crippen molar-refractivity contribution in [2.45, 2.75) is 6.92 Å². The van der Waals surface area contributed by atoms with Crippen molar-refractivity contribution in [3.05, 3.63) is 34.3 Å². The molecule has 0 aliphatic carbocycles. The lowest BCUT2D eigenvalue weighted by atomic mass is 10.2. The molecule has 1 aromatic carbocycles. The molecule has 1 aromatic rings. The van der Waals surface area contributed by atoms with Crippen LogP contribution in [0.2, 0.25) is 0 Å². The van der Waals surface area contributed by atoms with Crippen LogP contribution in [-0.2, 0) is 0 Å². The minimum absolute atomic E-state index is 0.202. The van der Waals surface area contributed by atoms with Crippen LogP contribution in [0.25, 0.3) is 0 Å². The van der Waals surface area contributed by atoms with E-state index in [2.05, 4.69) is 0 Å². The first-order valence-corrected chi connectivity index (χ1v) is 4.82. The predicted octanol–water partition coefficient (Wildman–Crippen LogP) is 3.40. The van der Waals surface area contributed by atoms with E-state index < -0.39 is 0 Å². The van der Waals surface area contributed by atoms with E-state index >= 15 is 0 Å². The third kappa shape index (κ3) is 2.82. The molecule has 1 rings (SSSR count). The summed E-state index contributed by atoms with van der Waals surface area (Å²) in [6, 6.07) is 5.06. The first kappa shape index (κ1) is 11.2. The first-order chi connectivity index (χ1) is 6.65. The number of rotatable bonds is 3. The average molecular weight is 233 g/mol. The highest BCUT2D eigenvalue weighted by molar-refractivity contribution is 6.36. The highest BCUT2D eigenvalue weighted by atomic mass is 35.5. The molecule has 0 unspecified atom stereocenters. The van der Waals surface area contributed by atoms with Crippen molar-refractivity contribution in [1.82, 2.24) is 0 Å². The lowest BCUT2D eigenvalue weighted by Crippen LogP contribution is -1.98. The normalized spacial score (nSPS) is 11.5. The molecule has 0 amide bonds. The Morgan fingerprint density at radius 2 is 2.29 bits per heavy atom.